The van der Waals surface area contributed by atoms with Crippen molar-refractivity contribution in [1.29, 1.82) is 0 Å². The second-order valence-electron chi connectivity index (χ2n) is 5.16. The largest absolute Gasteiger partial charge is 0.390 e. The van der Waals surface area contributed by atoms with Gasteiger partial charge in [0, 0.05) is 0 Å². The second kappa shape index (κ2) is 4.52. The van der Waals surface area contributed by atoms with Crippen molar-refractivity contribution in [2.45, 2.75) is 63.4 Å². The van der Waals surface area contributed by atoms with Gasteiger partial charge >= 0.3 is 0 Å². The normalized spacial score (nSPS) is 36.9. The van der Waals surface area contributed by atoms with Crippen LogP contribution in [0.15, 0.2) is 23.8 Å². The molecule has 0 aromatic rings. The van der Waals surface area contributed by atoms with Crippen molar-refractivity contribution in [3.63, 3.8) is 0 Å². The molecule has 1 unspecified atom stereocenters. The average molecular weight is 206 g/mol. The third-order valence-corrected chi connectivity index (χ3v) is 3.92. The molecule has 1 saturated carbocycles. The summed E-state index contributed by atoms with van der Waals surface area (Å²) in [4.78, 5) is 0. The molecule has 1 atom stereocenters. The zero-order chi connectivity index (χ0) is 10.7. The molecule has 0 aliphatic heterocycles. The van der Waals surface area contributed by atoms with E-state index in [4.69, 9.17) is 0 Å². The maximum atomic E-state index is 10.4. The van der Waals surface area contributed by atoms with Crippen LogP contribution in [-0.2, 0) is 0 Å². The van der Waals surface area contributed by atoms with Gasteiger partial charge in [0.1, 0.15) is 0 Å². The molecular formula is C14H22O. The first-order valence-electron chi connectivity index (χ1n) is 6.26. The highest BCUT2D eigenvalue weighted by Crippen LogP contribution is 2.40. The smallest absolute Gasteiger partial charge is 0.0685 e. The Morgan fingerprint density at radius 2 is 2.00 bits per heavy atom. The first-order chi connectivity index (χ1) is 7.23. The van der Waals surface area contributed by atoms with Crippen LogP contribution in [0.3, 0.4) is 0 Å². The third kappa shape index (κ3) is 2.52. The molecule has 1 heteroatoms. The van der Waals surface area contributed by atoms with Gasteiger partial charge in [-0.05, 0) is 51.4 Å². The van der Waals surface area contributed by atoms with Gasteiger partial charge in [-0.15, -0.1) is 6.58 Å². The molecule has 0 heterocycles. The summed E-state index contributed by atoms with van der Waals surface area (Å²) in [5.74, 6) is 0. The van der Waals surface area contributed by atoms with E-state index in [1.54, 1.807) is 11.1 Å². The average Bonchev–Trinajstić information content (AvgIpc) is 2.21. The van der Waals surface area contributed by atoms with Gasteiger partial charge in [-0.1, -0.05) is 23.6 Å². The molecule has 0 saturated heterocycles. The van der Waals surface area contributed by atoms with Gasteiger partial charge in [-0.25, -0.2) is 0 Å². The Labute approximate surface area is 92.9 Å². The fourth-order valence-corrected chi connectivity index (χ4v) is 3.11. The number of fused-ring (bicyclic) bond motifs is 2. The standard InChI is InChI=1S/C14H22O/c1-2-6-12-7-3-4-9-14(15)10-5-8-13(12)11-14/h2,15H,1,3-11H2/b13-12-. The zero-order valence-electron chi connectivity index (χ0n) is 9.60. The maximum absolute atomic E-state index is 10.4. The van der Waals surface area contributed by atoms with Gasteiger partial charge in [-0.3, -0.25) is 0 Å². The van der Waals surface area contributed by atoms with Crippen LogP contribution >= 0.6 is 0 Å². The minimum absolute atomic E-state index is 0.361. The van der Waals surface area contributed by atoms with E-state index in [9.17, 15) is 5.11 Å². The Kier molecular flexibility index (Phi) is 3.30. The Morgan fingerprint density at radius 1 is 1.20 bits per heavy atom. The van der Waals surface area contributed by atoms with Gasteiger partial charge in [0.2, 0.25) is 0 Å². The van der Waals surface area contributed by atoms with E-state index in [1.165, 1.54) is 32.1 Å². The van der Waals surface area contributed by atoms with Crippen LogP contribution in [0.4, 0.5) is 0 Å². The topological polar surface area (TPSA) is 20.2 Å². The number of rotatable bonds is 2. The van der Waals surface area contributed by atoms with E-state index in [0.29, 0.717) is 0 Å². The van der Waals surface area contributed by atoms with Gasteiger partial charge < -0.3 is 5.11 Å². The Bertz CT molecular complexity index is 277. The maximum Gasteiger partial charge on any atom is 0.0685 e. The molecule has 0 aromatic carbocycles. The van der Waals surface area contributed by atoms with E-state index in [-0.39, 0.29) is 5.60 Å². The molecule has 2 aliphatic rings. The number of aliphatic hydroxyl groups is 1. The number of hydrogen-bond donors (Lipinski definition) is 1. The van der Waals surface area contributed by atoms with Crippen molar-refractivity contribution in [3.05, 3.63) is 23.8 Å². The van der Waals surface area contributed by atoms with E-state index < -0.39 is 0 Å². The molecule has 0 aromatic heterocycles. The zero-order valence-corrected chi connectivity index (χ0v) is 9.60. The first kappa shape index (κ1) is 10.9. The quantitative estimate of drug-likeness (QED) is 0.682. The predicted molar refractivity (Wildman–Crippen MR) is 63.7 cm³/mol. The number of allylic oxidation sites excluding steroid dienone is 2. The van der Waals surface area contributed by atoms with Crippen molar-refractivity contribution in [2.75, 3.05) is 0 Å². The van der Waals surface area contributed by atoms with E-state index in [0.717, 1.165) is 25.7 Å². The highest BCUT2D eigenvalue weighted by Gasteiger charge is 2.32. The van der Waals surface area contributed by atoms with Crippen LogP contribution < -0.4 is 0 Å². The number of hydrogen-bond acceptors (Lipinski definition) is 1. The molecule has 15 heavy (non-hydrogen) atoms. The van der Waals surface area contributed by atoms with E-state index >= 15 is 0 Å². The lowest BCUT2D eigenvalue weighted by Crippen LogP contribution is -2.33. The Balaban J connectivity index is 2.22. The highest BCUT2D eigenvalue weighted by molar-refractivity contribution is 5.22. The monoisotopic (exact) mass is 206 g/mol. The Morgan fingerprint density at radius 3 is 2.80 bits per heavy atom. The lowest BCUT2D eigenvalue weighted by atomic mass is 9.74. The summed E-state index contributed by atoms with van der Waals surface area (Å²) in [7, 11) is 0. The summed E-state index contributed by atoms with van der Waals surface area (Å²) in [5.41, 5.74) is 2.76. The van der Waals surface area contributed by atoms with E-state index in [2.05, 4.69) is 6.58 Å². The van der Waals surface area contributed by atoms with Crippen LogP contribution in [-0.4, -0.2) is 10.7 Å². The molecule has 0 amide bonds. The fourth-order valence-electron chi connectivity index (χ4n) is 3.11. The molecule has 1 nitrogen and oxygen atoms in total. The van der Waals surface area contributed by atoms with Gasteiger partial charge in [0.15, 0.2) is 0 Å². The van der Waals surface area contributed by atoms with Crippen molar-refractivity contribution in [1.82, 2.24) is 0 Å². The minimum atomic E-state index is -0.361. The Hall–Kier alpha value is -0.560. The molecule has 2 bridgehead atoms. The van der Waals surface area contributed by atoms with Crippen molar-refractivity contribution < 1.29 is 5.11 Å². The molecular weight excluding hydrogens is 184 g/mol. The van der Waals surface area contributed by atoms with E-state index in [1.807, 2.05) is 6.08 Å². The summed E-state index contributed by atoms with van der Waals surface area (Å²) in [5, 5.41) is 10.4. The van der Waals surface area contributed by atoms with Gasteiger partial charge in [0.05, 0.1) is 5.60 Å². The van der Waals surface area contributed by atoms with Crippen LogP contribution in [0.25, 0.3) is 0 Å². The SMILES string of the molecule is C=CC/C1=C2\CCCC(O)(CCCC1)C2. The predicted octanol–water partition coefficient (Wildman–Crippen LogP) is 3.74. The molecule has 1 fully saturated rings. The summed E-state index contributed by atoms with van der Waals surface area (Å²) in [6.45, 7) is 3.84. The first-order valence-corrected chi connectivity index (χ1v) is 6.26. The molecule has 2 rings (SSSR count). The molecule has 0 radical (unpaired) electrons. The summed E-state index contributed by atoms with van der Waals surface area (Å²) >= 11 is 0. The summed E-state index contributed by atoms with van der Waals surface area (Å²) < 4.78 is 0. The van der Waals surface area contributed by atoms with Crippen molar-refractivity contribution >= 4 is 0 Å². The van der Waals surface area contributed by atoms with Crippen LogP contribution in [0.1, 0.15) is 57.8 Å². The highest BCUT2D eigenvalue weighted by atomic mass is 16.3. The molecule has 2 aliphatic carbocycles. The minimum Gasteiger partial charge on any atom is -0.390 e. The van der Waals surface area contributed by atoms with Crippen LogP contribution in [0.2, 0.25) is 0 Å². The lowest BCUT2D eigenvalue weighted by molar-refractivity contribution is 0.00716. The van der Waals surface area contributed by atoms with Crippen LogP contribution in [0, 0.1) is 0 Å². The molecule has 84 valence electrons. The van der Waals surface area contributed by atoms with Crippen molar-refractivity contribution in [3.8, 4) is 0 Å². The van der Waals surface area contributed by atoms with Crippen LogP contribution in [0.5, 0.6) is 0 Å². The molecule has 0 spiro atoms. The van der Waals surface area contributed by atoms with Gasteiger partial charge in [0.25, 0.3) is 0 Å². The molecule has 1 N–H and O–H groups in total. The third-order valence-electron chi connectivity index (χ3n) is 3.92. The summed E-state index contributed by atoms with van der Waals surface area (Å²) in [6.07, 6.45) is 12.1. The van der Waals surface area contributed by atoms with Gasteiger partial charge in [-0.2, -0.15) is 0 Å². The lowest BCUT2D eigenvalue weighted by Gasteiger charge is -2.36. The summed E-state index contributed by atoms with van der Waals surface area (Å²) in [6, 6.07) is 0. The second-order valence-corrected chi connectivity index (χ2v) is 5.16. The van der Waals surface area contributed by atoms with Crippen molar-refractivity contribution in [2.24, 2.45) is 0 Å². The fraction of sp³-hybridized carbons (Fsp3) is 0.714.